The molecule has 2 aliphatic rings. The van der Waals surface area contributed by atoms with E-state index in [-0.39, 0.29) is 30.3 Å². The van der Waals surface area contributed by atoms with E-state index in [1.54, 1.807) is 18.7 Å². The summed E-state index contributed by atoms with van der Waals surface area (Å²) in [5, 5.41) is 2.73. The fourth-order valence-electron chi connectivity index (χ4n) is 2.63. The maximum absolute atomic E-state index is 12.3. The van der Waals surface area contributed by atoms with Crippen LogP contribution in [-0.4, -0.2) is 48.1 Å². The minimum absolute atomic E-state index is 0.0100. The second-order valence-electron chi connectivity index (χ2n) is 5.51. The van der Waals surface area contributed by atoms with Crippen molar-refractivity contribution in [2.45, 2.75) is 38.8 Å². The molecule has 1 N–H and O–H groups in total. The van der Waals surface area contributed by atoms with Crippen molar-refractivity contribution in [2.75, 3.05) is 19.8 Å². The highest BCUT2D eigenvalue weighted by Crippen LogP contribution is 2.24. The lowest BCUT2D eigenvalue weighted by Crippen LogP contribution is -2.67. The van der Waals surface area contributed by atoms with Crippen molar-refractivity contribution in [3.05, 3.63) is 0 Å². The second kappa shape index (κ2) is 4.29. The molecule has 5 heteroatoms. The van der Waals surface area contributed by atoms with E-state index in [0.29, 0.717) is 13.2 Å². The number of ether oxygens (including phenoxy) is 1. The third-order valence-electron chi connectivity index (χ3n) is 3.56. The van der Waals surface area contributed by atoms with E-state index in [2.05, 4.69) is 12.2 Å². The monoisotopic (exact) mass is 240 g/mol. The van der Waals surface area contributed by atoms with Gasteiger partial charge in [-0.2, -0.15) is 0 Å². The smallest absolute Gasteiger partial charge is 0.248 e. The second-order valence-corrected chi connectivity index (χ2v) is 5.51. The van der Waals surface area contributed by atoms with Crippen LogP contribution in [0.5, 0.6) is 0 Å². The van der Waals surface area contributed by atoms with E-state index in [1.165, 1.54) is 0 Å². The highest BCUT2D eigenvalue weighted by Gasteiger charge is 2.43. The van der Waals surface area contributed by atoms with Crippen molar-refractivity contribution in [2.24, 2.45) is 5.92 Å². The molecule has 2 fully saturated rings. The van der Waals surface area contributed by atoms with Crippen LogP contribution in [-0.2, 0) is 14.3 Å². The van der Waals surface area contributed by atoms with Gasteiger partial charge < -0.3 is 15.0 Å². The van der Waals surface area contributed by atoms with E-state index < -0.39 is 5.54 Å². The molecule has 2 aliphatic heterocycles. The SMILES string of the molecule is CC1COCCC1N1CC(=O)NC(C)(C)C1=O. The first-order chi connectivity index (χ1) is 7.92. The lowest BCUT2D eigenvalue weighted by Gasteiger charge is -2.44. The minimum atomic E-state index is -0.784. The maximum atomic E-state index is 12.3. The van der Waals surface area contributed by atoms with Gasteiger partial charge in [-0.15, -0.1) is 0 Å². The van der Waals surface area contributed by atoms with Crippen LogP contribution < -0.4 is 5.32 Å². The number of piperazine rings is 1. The summed E-state index contributed by atoms with van der Waals surface area (Å²) in [6.07, 6.45) is 0.816. The first-order valence-corrected chi connectivity index (χ1v) is 6.11. The van der Waals surface area contributed by atoms with Crippen LogP contribution in [0.4, 0.5) is 0 Å². The number of hydrogen-bond donors (Lipinski definition) is 1. The van der Waals surface area contributed by atoms with E-state index in [1.807, 2.05) is 0 Å². The van der Waals surface area contributed by atoms with Gasteiger partial charge in [0.15, 0.2) is 0 Å². The van der Waals surface area contributed by atoms with Crippen molar-refractivity contribution < 1.29 is 14.3 Å². The molecule has 2 saturated heterocycles. The average Bonchev–Trinajstić information content (AvgIpc) is 2.24. The average molecular weight is 240 g/mol. The van der Waals surface area contributed by atoms with Gasteiger partial charge in [-0.05, 0) is 20.3 Å². The van der Waals surface area contributed by atoms with Gasteiger partial charge in [-0.1, -0.05) is 6.92 Å². The molecular formula is C12H20N2O3. The first kappa shape index (κ1) is 12.4. The van der Waals surface area contributed by atoms with E-state index in [4.69, 9.17) is 4.74 Å². The van der Waals surface area contributed by atoms with Crippen molar-refractivity contribution in [1.29, 1.82) is 0 Å². The van der Waals surface area contributed by atoms with E-state index in [0.717, 1.165) is 6.42 Å². The lowest BCUT2D eigenvalue weighted by molar-refractivity contribution is -0.154. The van der Waals surface area contributed by atoms with Crippen LogP contribution >= 0.6 is 0 Å². The molecule has 0 saturated carbocycles. The van der Waals surface area contributed by atoms with Gasteiger partial charge in [0.1, 0.15) is 5.54 Å². The van der Waals surface area contributed by atoms with Crippen LogP contribution in [0, 0.1) is 5.92 Å². The highest BCUT2D eigenvalue weighted by molar-refractivity contribution is 5.97. The zero-order valence-corrected chi connectivity index (χ0v) is 10.7. The number of carbonyl (C=O) groups is 2. The number of nitrogens with one attached hydrogen (secondary N) is 1. The van der Waals surface area contributed by atoms with Crippen LogP contribution in [0.25, 0.3) is 0 Å². The fraction of sp³-hybridized carbons (Fsp3) is 0.833. The van der Waals surface area contributed by atoms with Crippen LogP contribution in [0.15, 0.2) is 0 Å². The third-order valence-corrected chi connectivity index (χ3v) is 3.56. The molecule has 0 spiro atoms. The quantitative estimate of drug-likeness (QED) is 0.709. The number of amides is 2. The van der Waals surface area contributed by atoms with Gasteiger partial charge in [0.2, 0.25) is 11.8 Å². The van der Waals surface area contributed by atoms with Crippen molar-refractivity contribution >= 4 is 11.8 Å². The summed E-state index contributed by atoms with van der Waals surface area (Å²) in [4.78, 5) is 25.7. The van der Waals surface area contributed by atoms with Crippen LogP contribution in [0.2, 0.25) is 0 Å². The first-order valence-electron chi connectivity index (χ1n) is 6.11. The Hall–Kier alpha value is -1.10. The summed E-state index contributed by atoms with van der Waals surface area (Å²) < 4.78 is 5.38. The molecule has 0 bridgehead atoms. The molecule has 2 amide bonds. The molecule has 5 nitrogen and oxygen atoms in total. The molecule has 2 rings (SSSR count). The Morgan fingerprint density at radius 2 is 2.12 bits per heavy atom. The summed E-state index contributed by atoms with van der Waals surface area (Å²) in [7, 11) is 0. The molecule has 2 unspecified atom stereocenters. The number of nitrogens with zero attached hydrogens (tertiary/aromatic N) is 1. The molecule has 0 aromatic heterocycles. The molecule has 2 heterocycles. The normalized spacial score (nSPS) is 33.5. The highest BCUT2D eigenvalue weighted by atomic mass is 16.5. The predicted octanol–water partition coefficient (Wildman–Crippen LogP) is 0.148. The fourth-order valence-corrected chi connectivity index (χ4v) is 2.63. The van der Waals surface area contributed by atoms with Gasteiger partial charge in [-0.25, -0.2) is 0 Å². The largest absolute Gasteiger partial charge is 0.381 e. The third kappa shape index (κ3) is 2.29. The lowest BCUT2D eigenvalue weighted by atomic mass is 9.91. The maximum Gasteiger partial charge on any atom is 0.248 e. The van der Waals surface area contributed by atoms with Gasteiger partial charge >= 0.3 is 0 Å². The van der Waals surface area contributed by atoms with Crippen LogP contribution in [0.1, 0.15) is 27.2 Å². The molecule has 0 aromatic carbocycles. The standard InChI is InChI=1S/C12H20N2O3/c1-8-7-17-5-4-9(8)14-6-10(15)13-12(2,3)11(14)16/h8-9H,4-7H2,1-3H3,(H,13,15). The zero-order chi connectivity index (χ0) is 12.6. The molecule has 0 radical (unpaired) electrons. The van der Waals surface area contributed by atoms with Crippen molar-refractivity contribution in [3.8, 4) is 0 Å². The summed E-state index contributed by atoms with van der Waals surface area (Å²) in [5.74, 6) is 0.221. The Labute approximate surface area is 101 Å². The van der Waals surface area contributed by atoms with Gasteiger partial charge in [0.25, 0.3) is 0 Å². The number of hydrogen-bond acceptors (Lipinski definition) is 3. The van der Waals surface area contributed by atoms with Gasteiger partial charge in [0.05, 0.1) is 13.2 Å². The molecule has 17 heavy (non-hydrogen) atoms. The Kier molecular flexibility index (Phi) is 3.12. The topological polar surface area (TPSA) is 58.6 Å². The Bertz CT molecular complexity index is 341. The van der Waals surface area contributed by atoms with Gasteiger partial charge in [-0.3, -0.25) is 9.59 Å². The van der Waals surface area contributed by atoms with Gasteiger partial charge in [0, 0.05) is 18.6 Å². The summed E-state index contributed by atoms with van der Waals surface area (Å²) in [6.45, 7) is 7.08. The summed E-state index contributed by atoms with van der Waals surface area (Å²) in [6, 6.07) is 0.126. The molecule has 0 aliphatic carbocycles. The Morgan fingerprint density at radius 3 is 2.76 bits per heavy atom. The Morgan fingerprint density at radius 1 is 1.41 bits per heavy atom. The van der Waals surface area contributed by atoms with Crippen molar-refractivity contribution in [1.82, 2.24) is 10.2 Å². The number of carbonyl (C=O) groups excluding carboxylic acids is 2. The van der Waals surface area contributed by atoms with Crippen molar-refractivity contribution in [3.63, 3.8) is 0 Å². The summed E-state index contributed by atoms with van der Waals surface area (Å²) in [5.41, 5.74) is -0.784. The van der Waals surface area contributed by atoms with Crippen LogP contribution in [0.3, 0.4) is 0 Å². The minimum Gasteiger partial charge on any atom is -0.381 e. The molecule has 2 atom stereocenters. The Balaban J connectivity index is 2.18. The zero-order valence-electron chi connectivity index (χ0n) is 10.7. The predicted molar refractivity (Wildman–Crippen MR) is 62.3 cm³/mol. The molecule has 96 valence electrons. The summed E-state index contributed by atoms with van der Waals surface area (Å²) >= 11 is 0. The van der Waals surface area contributed by atoms with E-state index in [9.17, 15) is 9.59 Å². The molecule has 0 aromatic rings. The molecular weight excluding hydrogens is 220 g/mol. The number of rotatable bonds is 1. The van der Waals surface area contributed by atoms with E-state index >= 15 is 0 Å².